The Morgan fingerprint density at radius 3 is 2.42 bits per heavy atom. The van der Waals surface area contributed by atoms with Crippen molar-refractivity contribution < 1.29 is 27.5 Å². The first kappa shape index (κ1) is 24.2. The maximum absolute atomic E-state index is 13.2. The fourth-order valence-corrected chi connectivity index (χ4v) is 3.40. The fourth-order valence-electron chi connectivity index (χ4n) is 3.20. The molecule has 1 heterocycles. The summed E-state index contributed by atoms with van der Waals surface area (Å²) in [6, 6.07) is 8.66. The summed E-state index contributed by atoms with van der Waals surface area (Å²) < 4.78 is 44.9. The summed E-state index contributed by atoms with van der Waals surface area (Å²) in [6.45, 7) is 1.20. The van der Waals surface area contributed by atoms with Crippen LogP contribution in [0.2, 0.25) is 0 Å². The Kier molecular flexibility index (Phi) is 7.01. The van der Waals surface area contributed by atoms with Gasteiger partial charge in [0.1, 0.15) is 6.54 Å². The molecule has 33 heavy (non-hydrogen) atoms. The summed E-state index contributed by atoms with van der Waals surface area (Å²) >= 11 is 5.11. The molecule has 1 aromatic heterocycles. The number of carbonyl (C=O) groups excluding carboxylic acids is 2. The van der Waals surface area contributed by atoms with Crippen LogP contribution in [0, 0.1) is 4.77 Å². The van der Waals surface area contributed by atoms with Crippen LogP contribution >= 0.6 is 12.2 Å². The molecule has 1 N–H and O–H groups in total. The van der Waals surface area contributed by atoms with Crippen molar-refractivity contribution >= 4 is 35.0 Å². The first-order valence-electron chi connectivity index (χ1n) is 9.85. The number of ether oxygens (including phenoxy) is 1. The van der Waals surface area contributed by atoms with E-state index in [9.17, 15) is 27.6 Å². The normalized spacial score (nSPS) is 11.4. The van der Waals surface area contributed by atoms with E-state index in [2.05, 4.69) is 4.98 Å². The summed E-state index contributed by atoms with van der Waals surface area (Å²) in [5, 5.41) is 0.322. The summed E-state index contributed by atoms with van der Waals surface area (Å²) in [6.07, 6.45) is -4.48. The predicted octanol–water partition coefficient (Wildman–Crippen LogP) is 3.82. The van der Waals surface area contributed by atoms with Crippen LogP contribution in [0.25, 0.3) is 10.9 Å². The van der Waals surface area contributed by atoms with E-state index >= 15 is 0 Å². The minimum absolute atomic E-state index is 0.108. The standard InChI is InChI=1S/C22H20F3N3O4S/c1-3-32-18(29)12-28(11-13-4-7-15(8-5-13)22(23,24)25)19(30)14-6-9-16-17(10-14)26-21(33)27(2)20(16)31/h4-10H,3,11-12H2,1-2H3,(H,26,33). The number of fused-ring (bicyclic) bond motifs is 1. The van der Waals surface area contributed by atoms with Crippen molar-refractivity contribution in [1.82, 2.24) is 14.5 Å². The zero-order valence-electron chi connectivity index (χ0n) is 17.7. The van der Waals surface area contributed by atoms with Crippen LogP contribution in [0.1, 0.15) is 28.4 Å². The SMILES string of the molecule is CCOC(=O)CN(Cc1ccc(C(F)(F)F)cc1)C(=O)c1ccc2c(=O)n(C)c(=S)[nH]c2c1. The molecule has 0 atom stereocenters. The third-order valence-electron chi connectivity index (χ3n) is 4.91. The Hall–Kier alpha value is -3.47. The summed E-state index contributed by atoms with van der Waals surface area (Å²) in [5.41, 5.74) is -0.242. The molecule has 3 rings (SSSR count). The van der Waals surface area contributed by atoms with Crippen molar-refractivity contribution in [1.29, 1.82) is 0 Å². The van der Waals surface area contributed by atoms with Crippen LogP contribution in [-0.2, 0) is 29.3 Å². The minimum Gasteiger partial charge on any atom is -0.465 e. The average Bonchev–Trinajstić information content (AvgIpc) is 2.76. The number of rotatable bonds is 6. The first-order chi connectivity index (χ1) is 15.5. The highest BCUT2D eigenvalue weighted by Gasteiger charge is 2.30. The van der Waals surface area contributed by atoms with Gasteiger partial charge in [0.25, 0.3) is 11.5 Å². The van der Waals surface area contributed by atoms with Crippen LogP contribution < -0.4 is 5.56 Å². The van der Waals surface area contributed by atoms with E-state index in [-0.39, 0.29) is 29.0 Å². The number of amides is 1. The summed E-state index contributed by atoms with van der Waals surface area (Å²) in [7, 11) is 1.52. The molecule has 0 aliphatic carbocycles. The van der Waals surface area contributed by atoms with Crippen LogP contribution in [0.15, 0.2) is 47.3 Å². The molecule has 0 aliphatic heterocycles. The Balaban J connectivity index is 1.95. The Bertz CT molecular complexity index is 1310. The molecule has 0 unspecified atom stereocenters. The maximum atomic E-state index is 13.2. The largest absolute Gasteiger partial charge is 0.465 e. The molecule has 7 nitrogen and oxygen atoms in total. The zero-order chi connectivity index (χ0) is 24.3. The van der Waals surface area contributed by atoms with Gasteiger partial charge in [0, 0.05) is 19.2 Å². The van der Waals surface area contributed by atoms with Crippen molar-refractivity contribution in [2.45, 2.75) is 19.6 Å². The Morgan fingerprint density at radius 1 is 1.15 bits per heavy atom. The molecular formula is C22H20F3N3O4S. The number of aromatic amines is 1. The van der Waals surface area contributed by atoms with Crippen LogP contribution in [0.5, 0.6) is 0 Å². The van der Waals surface area contributed by atoms with E-state index in [4.69, 9.17) is 17.0 Å². The van der Waals surface area contributed by atoms with Gasteiger partial charge in [-0.3, -0.25) is 19.0 Å². The molecule has 1 amide bonds. The molecule has 0 spiro atoms. The van der Waals surface area contributed by atoms with Gasteiger partial charge in [-0.2, -0.15) is 13.2 Å². The molecule has 174 valence electrons. The van der Waals surface area contributed by atoms with E-state index in [1.807, 2.05) is 0 Å². The molecule has 0 bridgehead atoms. The second kappa shape index (κ2) is 9.57. The van der Waals surface area contributed by atoms with Crippen LogP contribution in [0.4, 0.5) is 13.2 Å². The van der Waals surface area contributed by atoms with E-state index in [0.717, 1.165) is 17.0 Å². The third-order valence-corrected chi connectivity index (χ3v) is 5.29. The predicted molar refractivity (Wildman–Crippen MR) is 117 cm³/mol. The number of alkyl halides is 3. The average molecular weight is 479 g/mol. The molecule has 3 aromatic rings. The lowest BCUT2D eigenvalue weighted by molar-refractivity contribution is -0.144. The van der Waals surface area contributed by atoms with Crippen molar-refractivity contribution in [3.8, 4) is 0 Å². The number of H-pyrrole nitrogens is 1. The van der Waals surface area contributed by atoms with Gasteiger partial charge in [-0.05, 0) is 55.0 Å². The van der Waals surface area contributed by atoms with Gasteiger partial charge in [0.05, 0.1) is 23.1 Å². The highest BCUT2D eigenvalue weighted by Crippen LogP contribution is 2.29. The third kappa shape index (κ3) is 5.48. The lowest BCUT2D eigenvalue weighted by Crippen LogP contribution is -2.36. The molecular weight excluding hydrogens is 459 g/mol. The maximum Gasteiger partial charge on any atom is 0.416 e. The molecule has 0 saturated carbocycles. The number of esters is 1. The monoisotopic (exact) mass is 479 g/mol. The minimum atomic E-state index is -4.48. The van der Waals surface area contributed by atoms with Crippen LogP contribution in [0.3, 0.4) is 0 Å². The van der Waals surface area contributed by atoms with E-state index in [0.29, 0.717) is 16.5 Å². The van der Waals surface area contributed by atoms with Gasteiger partial charge >= 0.3 is 12.1 Å². The zero-order valence-corrected chi connectivity index (χ0v) is 18.5. The van der Waals surface area contributed by atoms with Gasteiger partial charge in [0.2, 0.25) is 0 Å². The molecule has 0 saturated heterocycles. The van der Waals surface area contributed by atoms with Crippen LogP contribution in [-0.4, -0.2) is 39.5 Å². The second-order valence-corrected chi connectivity index (χ2v) is 7.60. The van der Waals surface area contributed by atoms with Gasteiger partial charge in [-0.1, -0.05) is 12.1 Å². The fraction of sp³-hybridized carbons (Fsp3) is 0.273. The lowest BCUT2D eigenvalue weighted by atomic mass is 10.1. The second-order valence-electron chi connectivity index (χ2n) is 7.22. The van der Waals surface area contributed by atoms with Crippen molar-refractivity contribution in [2.75, 3.05) is 13.2 Å². The number of nitrogens with one attached hydrogen (secondary N) is 1. The number of hydrogen-bond acceptors (Lipinski definition) is 5. The highest BCUT2D eigenvalue weighted by atomic mass is 32.1. The lowest BCUT2D eigenvalue weighted by Gasteiger charge is -2.22. The van der Waals surface area contributed by atoms with E-state index in [1.54, 1.807) is 6.92 Å². The number of carbonyl (C=O) groups is 2. The molecule has 0 aliphatic rings. The van der Waals surface area contributed by atoms with Crippen molar-refractivity contribution in [3.63, 3.8) is 0 Å². The van der Waals surface area contributed by atoms with Crippen molar-refractivity contribution in [3.05, 3.63) is 74.3 Å². The molecule has 2 aromatic carbocycles. The van der Waals surface area contributed by atoms with Crippen molar-refractivity contribution in [2.24, 2.45) is 7.05 Å². The Labute approximate surface area is 191 Å². The molecule has 11 heteroatoms. The van der Waals surface area contributed by atoms with Gasteiger partial charge < -0.3 is 14.6 Å². The molecule has 0 radical (unpaired) electrons. The Morgan fingerprint density at radius 2 is 1.82 bits per heavy atom. The van der Waals surface area contributed by atoms with Gasteiger partial charge in [-0.25, -0.2) is 0 Å². The highest BCUT2D eigenvalue weighted by molar-refractivity contribution is 7.71. The van der Waals surface area contributed by atoms with Gasteiger partial charge in [-0.15, -0.1) is 0 Å². The number of nitrogens with zero attached hydrogens (tertiary/aromatic N) is 2. The first-order valence-corrected chi connectivity index (χ1v) is 10.3. The smallest absolute Gasteiger partial charge is 0.416 e. The number of benzene rings is 2. The summed E-state index contributed by atoms with van der Waals surface area (Å²) in [4.78, 5) is 41.7. The van der Waals surface area contributed by atoms with E-state index in [1.165, 1.54) is 41.9 Å². The topological polar surface area (TPSA) is 84.4 Å². The number of halogens is 3. The number of aromatic nitrogens is 2. The summed E-state index contributed by atoms with van der Waals surface area (Å²) in [5.74, 6) is -1.23. The molecule has 0 fully saturated rings. The quantitative estimate of drug-likeness (QED) is 0.429. The number of hydrogen-bond donors (Lipinski definition) is 1. The van der Waals surface area contributed by atoms with E-state index < -0.39 is 30.2 Å². The van der Waals surface area contributed by atoms with Gasteiger partial charge in [0.15, 0.2) is 4.77 Å².